The van der Waals surface area contributed by atoms with Crippen molar-refractivity contribution in [3.8, 4) is 28.4 Å². The molecule has 4 heteroatoms. The van der Waals surface area contributed by atoms with Gasteiger partial charge in [-0.3, -0.25) is 0 Å². The van der Waals surface area contributed by atoms with Crippen molar-refractivity contribution in [2.45, 2.75) is 13.0 Å². The predicted octanol–water partition coefficient (Wildman–Crippen LogP) is 4.64. The Morgan fingerprint density at radius 3 is 2.00 bits per heavy atom. The lowest BCUT2D eigenvalue weighted by Gasteiger charge is -2.10. The maximum Gasteiger partial charge on any atom is 0.123 e. The molecule has 3 rings (SSSR count). The van der Waals surface area contributed by atoms with Gasteiger partial charge in [-0.2, -0.15) is 0 Å². The summed E-state index contributed by atoms with van der Waals surface area (Å²) in [5.41, 5.74) is 2.15. The summed E-state index contributed by atoms with van der Waals surface area (Å²) in [6, 6.07) is 18.0. The van der Waals surface area contributed by atoms with Crippen LogP contribution in [0, 0.1) is 0 Å². The summed E-state index contributed by atoms with van der Waals surface area (Å²) >= 11 is 0. The summed E-state index contributed by atoms with van der Waals surface area (Å²) in [6.07, 6.45) is 5.11. The summed E-state index contributed by atoms with van der Waals surface area (Å²) in [7, 11) is 3.31. The van der Waals surface area contributed by atoms with Gasteiger partial charge in [-0.15, -0.1) is 0 Å². The lowest BCUT2D eigenvalue weighted by Crippen LogP contribution is -2.02. The highest BCUT2D eigenvalue weighted by atomic mass is 16.5. The van der Waals surface area contributed by atoms with Crippen LogP contribution in [-0.4, -0.2) is 25.4 Å². The molecule has 0 aliphatic carbocycles. The Bertz CT molecular complexity index is 757. The zero-order chi connectivity index (χ0) is 17.5. The number of rotatable bonds is 8. The normalized spacial score (nSPS) is 10.5. The van der Waals surface area contributed by atoms with Crippen molar-refractivity contribution in [1.29, 1.82) is 0 Å². The Morgan fingerprint density at radius 1 is 0.760 bits per heavy atom. The summed E-state index contributed by atoms with van der Waals surface area (Å²) in [4.78, 5) is 0. The molecule has 0 radical (unpaired) electrons. The fourth-order valence-electron chi connectivity index (χ4n) is 2.67. The van der Waals surface area contributed by atoms with Gasteiger partial charge in [0.15, 0.2) is 0 Å². The van der Waals surface area contributed by atoms with E-state index in [9.17, 15) is 0 Å². The van der Waals surface area contributed by atoms with Crippen molar-refractivity contribution in [3.05, 3.63) is 67.0 Å². The molecule has 0 aliphatic heterocycles. The van der Waals surface area contributed by atoms with E-state index in [4.69, 9.17) is 14.2 Å². The Hall–Kier alpha value is -2.88. The fraction of sp³-hybridized carbons (Fsp3) is 0.238. The first-order valence-electron chi connectivity index (χ1n) is 8.35. The molecule has 1 heterocycles. The highest BCUT2D eigenvalue weighted by Gasteiger charge is 2.05. The minimum absolute atomic E-state index is 0.699. The van der Waals surface area contributed by atoms with Crippen molar-refractivity contribution >= 4 is 0 Å². The van der Waals surface area contributed by atoms with Crippen molar-refractivity contribution < 1.29 is 14.2 Å². The Morgan fingerprint density at radius 2 is 1.40 bits per heavy atom. The molecule has 0 unspecified atom stereocenters. The molecule has 0 amide bonds. The molecular weight excluding hydrogens is 314 g/mol. The van der Waals surface area contributed by atoms with Crippen LogP contribution in [0.4, 0.5) is 0 Å². The van der Waals surface area contributed by atoms with Gasteiger partial charge in [0.25, 0.3) is 0 Å². The van der Waals surface area contributed by atoms with Gasteiger partial charge in [-0.1, -0.05) is 12.1 Å². The summed E-state index contributed by atoms with van der Waals surface area (Å²) < 4.78 is 18.6. The minimum Gasteiger partial charge on any atom is -0.497 e. The third kappa shape index (κ3) is 4.57. The first kappa shape index (κ1) is 17.0. The molecule has 0 N–H and O–H groups in total. The Kier molecular flexibility index (Phi) is 5.62. The second kappa shape index (κ2) is 8.29. The van der Waals surface area contributed by atoms with E-state index in [1.165, 1.54) is 0 Å². The molecule has 1 aromatic heterocycles. The number of hydrogen-bond donors (Lipinski definition) is 0. The smallest absolute Gasteiger partial charge is 0.123 e. The highest BCUT2D eigenvalue weighted by molar-refractivity contribution is 5.67. The standard InChI is InChI=1S/C21H23NO3/c1-23-20-14-18(15-21(16-20)24-2)17-6-8-19(9-7-17)25-13-5-12-22-10-3-4-11-22/h3-4,6-11,14-16H,5,12-13H2,1-2H3. The molecule has 3 aromatic rings. The zero-order valence-corrected chi connectivity index (χ0v) is 14.6. The van der Waals surface area contributed by atoms with Crippen molar-refractivity contribution in [3.63, 3.8) is 0 Å². The van der Waals surface area contributed by atoms with E-state index in [0.29, 0.717) is 6.61 Å². The summed E-state index contributed by atoms with van der Waals surface area (Å²) in [5.74, 6) is 2.44. The van der Waals surface area contributed by atoms with Crippen LogP contribution >= 0.6 is 0 Å². The van der Waals surface area contributed by atoms with Crippen molar-refractivity contribution in [2.75, 3.05) is 20.8 Å². The van der Waals surface area contributed by atoms with Gasteiger partial charge in [-0.05, 0) is 53.9 Å². The van der Waals surface area contributed by atoms with Gasteiger partial charge >= 0.3 is 0 Å². The van der Waals surface area contributed by atoms with Gasteiger partial charge in [-0.25, -0.2) is 0 Å². The maximum atomic E-state index is 5.82. The van der Waals surface area contributed by atoms with Crippen LogP contribution in [0.3, 0.4) is 0 Å². The monoisotopic (exact) mass is 337 g/mol. The van der Waals surface area contributed by atoms with Crippen LogP contribution in [-0.2, 0) is 6.54 Å². The Labute approximate surface area is 148 Å². The van der Waals surface area contributed by atoms with Gasteiger partial charge in [0.05, 0.1) is 20.8 Å². The first-order valence-corrected chi connectivity index (χ1v) is 8.35. The average Bonchev–Trinajstić information content (AvgIpc) is 3.18. The summed E-state index contributed by atoms with van der Waals surface area (Å²) in [6.45, 7) is 1.67. The van der Waals surface area contributed by atoms with Crippen LogP contribution in [0.25, 0.3) is 11.1 Å². The third-order valence-electron chi connectivity index (χ3n) is 4.03. The van der Waals surface area contributed by atoms with Crippen molar-refractivity contribution in [1.82, 2.24) is 4.57 Å². The molecule has 0 saturated heterocycles. The molecule has 0 atom stereocenters. The van der Waals surface area contributed by atoms with E-state index in [-0.39, 0.29) is 0 Å². The number of methoxy groups -OCH3 is 2. The van der Waals surface area contributed by atoms with E-state index in [1.807, 2.05) is 42.5 Å². The maximum absolute atomic E-state index is 5.82. The number of nitrogens with zero attached hydrogens (tertiary/aromatic N) is 1. The molecule has 0 aliphatic rings. The SMILES string of the molecule is COc1cc(OC)cc(-c2ccc(OCCCn3cccc3)cc2)c1. The minimum atomic E-state index is 0.699. The van der Waals surface area contributed by atoms with E-state index >= 15 is 0 Å². The molecule has 0 spiro atoms. The van der Waals surface area contributed by atoms with Gasteiger partial charge < -0.3 is 18.8 Å². The van der Waals surface area contributed by atoms with E-state index in [2.05, 4.69) is 29.1 Å². The Balaban J connectivity index is 1.60. The van der Waals surface area contributed by atoms with E-state index in [1.54, 1.807) is 14.2 Å². The second-order valence-electron chi connectivity index (χ2n) is 5.75. The third-order valence-corrected chi connectivity index (χ3v) is 4.03. The molecule has 0 saturated carbocycles. The van der Waals surface area contributed by atoms with Crippen molar-refractivity contribution in [2.24, 2.45) is 0 Å². The zero-order valence-electron chi connectivity index (χ0n) is 14.6. The van der Waals surface area contributed by atoms with Crippen LogP contribution in [0.15, 0.2) is 67.0 Å². The van der Waals surface area contributed by atoms with E-state index in [0.717, 1.165) is 41.3 Å². The number of benzene rings is 2. The van der Waals surface area contributed by atoms with E-state index < -0.39 is 0 Å². The van der Waals surface area contributed by atoms with Gasteiger partial charge in [0.2, 0.25) is 0 Å². The molecule has 0 fully saturated rings. The number of aromatic nitrogens is 1. The fourth-order valence-corrected chi connectivity index (χ4v) is 2.67. The predicted molar refractivity (Wildman–Crippen MR) is 99.5 cm³/mol. The van der Waals surface area contributed by atoms with Gasteiger partial charge in [0, 0.05) is 25.0 Å². The second-order valence-corrected chi connectivity index (χ2v) is 5.75. The quantitative estimate of drug-likeness (QED) is 0.561. The lowest BCUT2D eigenvalue weighted by molar-refractivity contribution is 0.302. The molecule has 130 valence electrons. The molecular formula is C21H23NO3. The highest BCUT2D eigenvalue weighted by Crippen LogP contribution is 2.30. The van der Waals surface area contributed by atoms with Crippen LogP contribution in [0.2, 0.25) is 0 Å². The van der Waals surface area contributed by atoms with Crippen LogP contribution in [0.1, 0.15) is 6.42 Å². The number of aryl methyl sites for hydroxylation is 1. The number of hydrogen-bond acceptors (Lipinski definition) is 3. The number of ether oxygens (including phenoxy) is 3. The molecule has 25 heavy (non-hydrogen) atoms. The van der Waals surface area contributed by atoms with Gasteiger partial charge in [0.1, 0.15) is 17.2 Å². The molecule has 2 aromatic carbocycles. The first-order chi connectivity index (χ1) is 12.3. The largest absolute Gasteiger partial charge is 0.497 e. The lowest BCUT2D eigenvalue weighted by atomic mass is 10.0. The topological polar surface area (TPSA) is 32.6 Å². The summed E-state index contributed by atoms with van der Waals surface area (Å²) in [5, 5.41) is 0. The molecule has 4 nitrogen and oxygen atoms in total. The average molecular weight is 337 g/mol. The van der Waals surface area contributed by atoms with Crippen LogP contribution < -0.4 is 14.2 Å². The van der Waals surface area contributed by atoms with Crippen LogP contribution in [0.5, 0.6) is 17.2 Å². The molecule has 0 bridgehead atoms.